The summed E-state index contributed by atoms with van der Waals surface area (Å²) in [6.45, 7) is 6.31. The Morgan fingerprint density at radius 3 is 2.71 bits per heavy atom. The van der Waals surface area contributed by atoms with Gasteiger partial charge in [0.15, 0.2) is 0 Å². The molecule has 0 spiro atoms. The molecule has 1 aromatic carbocycles. The molecule has 0 aliphatic carbocycles. The van der Waals surface area contributed by atoms with Gasteiger partial charge >= 0.3 is 6.03 Å². The fourth-order valence-corrected chi connectivity index (χ4v) is 3.81. The lowest BCUT2D eigenvalue weighted by Crippen LogP contribution is -2.51. The molecule has 1 fully saturated rings. The number of amides is 2. The molecule has 1 aromatic heterocycles. The number of thiophene rings is 1. The number of hydrogen-bond acceptors (Lipinski definition) is 3. The highest BCUT2D eigenvalue weighted by molar-refractivity contribution is 7.09. The largest absolute Gasteiger partial charge is 0.331 e. The minimum atomic E-state index is -0.0552. The van der Waals surface area contributed by atoms with E-state index in [1.165, 1.54) is 4.88 Å². The van der Waals surface area contributed by atoms with Gasteiger partial charge < -0.3 is 10.2 Å². The summed E-state index contributed by atoms with van der Waals surface area (Å²) in [6.07, 6.45) is 0. The first kappa shape index (κ1) is 17.3. The fraction of sp³-hybridized carbons (Fsp3) is 0.389. The molecule has 1 aliphatic rings. The molecule has 2 heterocycles. The van der Waals surface area contributed by atoms with Crippen molar-refractivity contribution < 1.29 is 4.79 Å². The Labute approximate surface area is 152 Å². The van der Waals surface area contributed by atoms with Gasteiger partial charge in [-0.05, 0) is 36.1 Å². The van der Waals surface area contributed by atoms with E-state index in [1.54, 1.807) is 11.3 Å². The summed E-state index contributed by atoms with van der Waals surface area (Å²) >= 11 is 7.81. The number of rotatable bonds is 4. The average Bonchev–Trinajstić information content (AvgIpc) is 3.08. The molecule has 4 nitrogen and oxygen atoms in total. The summed E-state index contributed by atoms with van der Waals surface area (Å²) in [5.41, 5.74) is 1.02. The van der Waals surface area contributed by atoms with Crippen LogP contribution in [0.4, 0.5) is 4.79 Å². The molecule has 24 heavy (non-hydrogen) atoms. The molecule has 1 aliphatic heterocycles. The van der Waals surface area contributed by atoms with Crippen LogP contribution in [0.25, 0.3) is 0 Å². The van der Waals surface area contributed by atoms with Gasteiger partial charge in [0, 0.05) is 42.6 Å². The van der Waals surface area contributed by atoms with Crippen LogP contribution < -0.4 is 5.32 Å². The smallest absolute Gasteiger partial charge is 0.317 e. The highest BCUT2D eigenvalue weighted by Gasteiger charge is 2.22. The van der Waals surface area contributed by atoms with Gasteiger partial charge in [0.1, 0.15) is 0 Å². The summed E-state index contributed by atoms with van der Waals surface area (Å²) in [6, 6.07) is 11.8. The third kappa shape index (κ3) is 4.50. The lowest BCUT2D eigenvalue weighted by molar-refractivity contribution is 0.134. The Morgan fingerprint density at radius 1 is 1.25 bits per heavy atom. The lowest BCUT2D eigenvalue weighted by atomic mass is 10.1. The summed E-state index contributed by atoms with van der Waals surface area (Å²) in [5, 5.41) is 5.86. The van der Waals surface area contributed by atoms with Crippen LogP contribution in [0.1, 0.15) is 23.4 Å². The van der Waals surface area contributed by atoms with E-state index in [1.807, 2.05) is 36.1 Å². The lowest BCUT2D eigenvalue weighted by Gasteiger charge is -2.35. The third-order valence-electron chi connectivity index (χ3n) is 4.31. The van der Waals surface area contributed by atoms with Gasteiger partial charge in [-0.2, -0.15) is 0 Å². The second-order valence-electron chi connectivity index (χ2n) is 6.07. The van der Waals surface area contributed by atoms with Crippen molar-refractivity contribution in [2.24, 2.45) is 0 Å². The number of nitrogens with zero attached hydrogens (tertiary/aromatic N) is 2. The van der Waals surface area contributed by atoms with Crippen LogP contribution in [0.5, 0.6) is 0 Å². The number of hydrogen-bond donors (Lipinski definition) is 1. The Hall–Kier alpha value is -1.56. The first-order chi connectivity index (χ1) is 11.6. The second kappa shape index (κ2) is 8.01. The highest BCUT2D eigenvalue weighted by atomic mass is 35.5. The van der Waals surface area contributed by atoms with E-state index in [2.05, 4.69) is 27.7 Å². The van der Waals surface area contributed by atoms with Gasteiger partial charge in [0.05, 0.1) is 6.04 Å². The molecule has 1 N–H and O–H groups in total. The van der Waals surface area contributed by atoms with Gasteiger partial charge in [0.25, 0.3) is 0 Å². The minimum absolute atomic E-state index is 0.00162. The molecule has 0 saturated carbocycles. The number of nitrogens with one attached hydrogen (secondary N) is 1. The van der Waals surface area contributed by atoms with Crippen LogP contribution >= 0.6 is 22.9 Å². The maximum Gasteiger partial charge on any atom is 0.317 e. The zero-order valence-corrected chi connectivity index (χ0v) is 15.3. The van der Waals surface area contributed by atoms with Gasteiger partial charge in [-0.3, -0.25) is 4.90 Å². The van der Waals surface area contributed by atoms with E-state index in [-0.39, 0.29) is 12.1 Å². The Kier molecular flexibility index (Phi) is 5.76. The first-order valence-corrected chi connectivity index (χ1v) is 9.43. The summed E-state index contributed by atoms with van der Waals surface area (Å²) in [4.78, 5) is 18.1. The highest BCUT2D eigenvalue weighted by Crippen LogP contribution is 2.18. The van der Waals surface area contributed by atoms with Crippen molar-refractivity contribution in [3.05, 3.63) is 57.2 Å². The van der Waals surface area contributed by atoms with E-state index in [4.69, 9.17) is 11.6 Å². The number of piperazine rings is 1. The zero-order chi connectivity index (χ0) is 16.9. The summed E-state index contributed by atoms with van der Waals surface area (Å²) in [5.74, 6) is 0. The van der Waals surface area contributed by atoms with Crippen LogP contribution in [-0.2, 0) is 6.54 Å². The quantitative estimate of drug-likeness (QED) is 0.891. The van der Waals surface area contributed by atoms with E-state index in [9.17, 15) is 4.79 Å². The molecule has 3 rings (SSSR count). The van der Waals surface area contributed by atoms with Crippen LogP contribution in [0.15, 0.2) is 41.8 Å². The van der Waals surface area contributed by atoms with Crippen LogP contribution in [0, 0.1) is 0 Å². The molecule has 1 atom stereocenters. The Morgan fingerprint density at radius 2 is 2.04 bits per heavy atom. The van der Waals surface area contributed by atoms with Crippen molar-refractivity contribution in [3.8, 4) is 0 Å². The SMILES string of the molecule is CC(NC(=O)N1CCN(Cc2cccs2)CC1)c1cccc(Cl)c1. The van der Waals surface area contributed by atoms with Crippen molar-refractivity contribution in [2.45, 2.75) is 19.5 Å². The average molecular weight is 364 g/mol. The van der Waals surface area contributed by atoms with Gasteiger partial charge in [-0.1, -0.05) is 29.8 Å². The van der Waals surface area contributed by atoms with Crippen LogP contribution in [0.2, 0.25) is 5.02 Å². The van der Waals surface area contributed by atoms with Crippen molar-refractivity contribution >= 4 is 29.0 Å². The van der Waals surface area contributed by atoms with Crippen LogP contribution in [-0.4, -0.2) is 42.0 Å². The van der Waals surface area contributed by atoms with Crippen molar-refractivity contribution in [1.82, 2.24) is 15.1 Å². The van der Waals surface area contributed by atoms with Gasteiger partial charge in [-0.15, -0.1) is 11.3 Å². The minimum Gasteiger partial charge on any atom is -0.331 e. The standard InChI is InChI=1S/C18H22ClN3OS/c1-14(15-4-2-5-16(19)12-15)20-18(23)22-9-7-21(8-10-22)13-17-6-3-11-24-17/h2-6,11-12,14H,7-10,13H2,1H3,(H,20,23). The molecular formula is C18H22ClN3OS. The van der Waals surface area contributed by atoms with Gasteiger partial charge in [-0.25, -0.2) is 4.79 Å². The third-order valence-corrected chi connectivity index (χ3v) is 5.40. The summed E-state index contributed by atoms with van der Waals surface area (Å²) < 4.78 is 0. The fourth-order valence-electron chi connectivity index (χ4n) is 2.87. The second-order valence-corrected chi connectivity index (χ2v) is 7.54. The molecule has 6 heteroatoms. The molecule has 1 saturated heterocycles. The number of benzene rings is 1. The number of urea groups is 1. The van der Waals surface area contributed by atoms with Gasteiger partial charge in [0.2, 0.25) is 0 Å². The van der Waals surface area contributed by atoms with E-state index in [0.717, 1.165) is 38.3 Å². The number of carbonyl (C=O) groups is 1. The predicted molar refractivity (Wildman–Crippen MR) is 99.6 cm³/mol. The van der Waals surface area contributed by atoms with E-state index < -0.39 is 0 Å². The van der Waals surface area contributed by atoms with E-state index >= 15 is 0 Å². The molecule has 128 valence electrons. The monoisotopic (exact) mass is 363 g/mol. The zero-order valence-electron chi connectivity index (χ0n) is 13.7. The molecular weight excluding hydrogens is 342 g/mol. The van der Waals surface area contributed by atoms with Crippen LogP contribution in [0.3, 0.4) is 0 Å². The number of carbonyl (C=O) groups excluding carboxylic acids is 1. The predicted octanol–water partition coefficient (Wildman–Crippen LogP) is 3.99. The molecule has 0 bridgehead atoms. The molecule has 2 aromatic rings. The Balaban J connectivity index is 1.48. The molecule has 1 unspecified atom stereocenters. The van der Waals surface area contributed by atoms with Crippen molar-refractivity contribution in [1.29, 1.82) is 0 Å². The van der Waals surface area contributed by atoms with Crippen molar-refractivity contribution in [3.63, 3.8) is 0 Å². The van der Waals surface area contributed by atoms with Crippen molar-refractivity contribution in [2.75, 3.05) is 26.2 Å². The Bertz CT molecular complexity index is 669. The first-order valence-electron chi connectivity index (χ1n) is 8.17. The molecule has 0 radical (unpaired) electrons. The topological polar surface area (TPSA) is 35.6 Å². The van der Waals surface area contributed by atoms with E-state index in [0.29, 0.717) is 5.02 Å². The maximum absolute atomic E-state index is 12.5. The normalized spacial score (nSPS) is 16.8. The summed E-state index contributed by atoms with van der Waals surface area (Å²) in [7, 11) is 0. The number of halogens is 1. The maximum atomic E-state index is 12.5. The molecule has 2 amide bonds.